The summed E-state index contributed by atoms with van der Waals surface area (Å²) in [4.78, 5) is 39.7. The van der Waals surface area contributed by atoms with E-state index < -0.39 is 17.4 Å². The predicted octanol–water partition coefficient (Wildman–Crippen LogP) is 2.89. The second-order valence-corrected chi connectivity index (χ2v) is 7.78. The molecular weight excluding hydrogens is 374 g/mol. The molecule has 3 rings (SSSR count). The third-order valence-corrected chi connectivity index (χ3v) is 6.30. The number of ether oxygens (including phenoxy) is 3. The zero-order chi connectivity index (χ0) is 21.0. The molecule has 1 aromatic carbocycles. The van der Waals surface area contributed by atoms with E-state index in [9.17, 15) is 14.4 Å². The third kappa shape index (κ3) is 4.09. The van der Waals surface area contributed by atoms with Crippen LogP contribution >= 0.6 is 0 Å². The SMILES string of the molecule is COC(=O)C[C@@H]1C(=O)CCC[C@]12CCCC(=O)N2Cc1ccc(OC)c(OC)c1. The number of amides is 1. The van der Waals surface area contributed by atoms with Gasteiger partial charge in [-0.1, -0.05) is 6.07 Å². The van der Waals surface area contributed by atoms with Gasteiger partial charge in [-0.05, 0) is 43.4 Å². The van der Waals surface area contributed by atoms with Crippen molar-refractivity contribution in [3.63, 3.8) is 0 Å². The van der Waals surface area contributed by atoms with Gasteiger partial charge in [0.2, 0.25) is 5.91 Å². The van der Waals surface area contributed by atoms with Crippen molar-refractivity contribution in [2.75, 3.05) is 21.3 Å². The number of benzene rings is 1. The Hall–Kier alpha value is -2.57. The number of carbonyl (C=O) groups is 3. The van der Waals surface area contributed by atoms with E-state index in [1.807, 2.05) is 23.1 Å². The maximum atomic E-state index is 13.0. The van der Waals surface area contributed by atoms with Gasteiger partial charge in [-0.3, -0.25) is 14.4 Å². The maximum Gasteiger partial charge on any atom is 0.306 e. The van der Waals surface area contributed by atoms with E-state index in [0.717, 1.165) is 31.2 Å². The molecule has 1 amide bonds. The molecule has 0 bridgehead atoms. The highest BCUT2D eigenvalue weighted by atomic mass is 16.5. The summed E-state index contributed by atoms with van der Waals surface area (Å²) in [5.41, 5.74) is 0.263. The number of rotatable bonds is 6. The molecule has 7 heteroatoms. The largest absolute Gasteiger partial charge is 0.493 e. The van der Waals surface area contributed by atoms with Crippen molar-refractivity contribution in [1.82, 2.24) is 4.90 Å². The molecule has 1 spiro atoms. The zero-order valence-electron chi connectivity index (χ0n) is 17.4. The number of piperidine rings is 1. The lowest BCUT2D eigenvalue weighted by atomic mass is 9.65. The summed E-state index contributed by atoms with van der Waals surface area (Å²) in [5.74, 6) is 0.354. The molecule has 0 unspecified atom stereocenters. The fourth-order valence-corrected chi connectivity index (χ4v) is 4.86. The summed E-state index contributed by atoms with van der Waals surface area (Å²) >= 11 is 0. The second kappa shape index (κ2) is 8.84. The number of esters is 1. The second-order valence-electron chi connectivity index (χ2n) is 7.78. The van der Waals surface area contributed by atoms with Crippen molar-refractivity contribution >= 4 is 17.7 Å². The van der Waals surface area contributed by atoms with Gasteiger partial charge in [0.15, 0.2) is 11.5 Å². The minimum atomic E-state index is -0.633. The minimum Gasteiger partial charge on any atom is -0.493 e. The van der Waals surface area contributed by atoms with Gasteiger partial charge in [0.05, 0.1) is 39.2 Å². The number of hydrogen-bond donors (Lipinski definition) is 0. The van der Waals surface area contributed by atoms with Crippen LogP contribution in [0.1, 0.15) is 50.5 Å². The van der Waals surface area contributed by atoms with E-state index in [1.165, 1.54) is 7.11 Å². The molecule has 2 aliphatic rings. The van der Waals surface area contributed by atoms with Gasteiger partial charge in [0.25, 0.3) is 0 Å². The Morgan fingerprint density at radius 2 is 1.76 bits per heavy atom. The van der Waals surface area contributed by atoms with Crippen molar-refractivity contribution in [2.45, 2.75) is 57.0 Å². The van der Waals surface area contributed by atoms with Crippen molar-refractivity contribution in [1.29, 1.82) is 0 Å². The molecule has 1 aliphatic carbocycles. The molecule has 7 nitrogen and oxygen atoms in total. The fraction of sp³-hybridized carbons (Fsp3) is 0.591. The molecule has 2 atom stereocenters. The van der Waals surface area contributed by atoms with Crippen molar-refractivity contribution in [3.05, 3.63) is 23.8 Å². The first-order chi connectivity index (χ1) is 13.9. The standard InChI is InChI=1S/C22H29NO6/c1-27-18-9-8-15(12-19(18)28-2)14-23-20(25)7-5-11-22(23)10-4-6-17(24)16(22)13-21(26)29-3/h8-9,12,16H,4-7,10-11,13-14H2,1-3H3/t16-,22+/m1/s1. The lowest BCUT2D eigenvalue weighted by Gasteiger charge is -2.53. The first-order valence-electron chi connectivity index (χ1n) is 10.1. The molecule has 1 aliphatic heterocycles. The van der Waals surface area contributed by atoms with Crippen LogP contribution in [0, 0.1) is 5.92 Å². The number of methoxy groups -OCH3 is 3. The summed E-state index contributed by atoms with van der Waals surface area (Å²) in [7, 11) is 4.48. The number of ketones is 1. The van der Waals surface area contributed by atoms with Crippen molar-refractivity contribution in [3.8, 4) is 11.5 Å². The third-order valence-electron chi connectivity index (χ3n) is 6.30. The number of nitrogens with zero attached hydrogens (tertiary/aromatic N) is 1. The Balaban J connectivity index is 1.96. The molecular formula is C22H29NO6. The topological polar surface area (TPSA) is 82.1 Å². The molecule has 0 N–H and O–H groups in total. The van der Waals surface area contributed by atoms with Gasteiger partial charge in [-0.25, -0.2) is 0 Å². The first-order valence-corrected chi connectivity index (χ1v) is 10.1. The number of hydrogen-bond acceptors (Lipinski definition) is 6. The van der Waals surface area contributed by atoms with Crippen LogP contribution in [0.25, 0.3) is 0 Å². The molecule has 0 aromatic heterocycles. The molecule has 1 aromatic rings. The van der Waals surface area contributed by atoms with Crippen LogP contribution in [-0.4, -0.2) is 49.4 Å². The Labute approximate surface area is 171 Å². The van der Waals surface area contributed by atoms with E-state index in [1.54, 1.807) is 14.2 Å². The van der Waals surface area contributed by atoms with Crippen LogP contribution < -0.4 is 9.47 Å². The Morgan fingerprint density at radius 3 is 2.41 bits per heavy atom. The number of likely N-dealkylation sites (tertiary alicyclic amines) is 1. The van der Waals surface area contributed by atoms with E-state index in [4.69, 9.17) is 14.2 Å². The van der Waals surface area contributed by atoms with Crippen LogP contribution in [0.3, 0.4) is 0 Å². The normalized spacial score (nSPS) is 24.5. The van der Waals surface area contributed by atoms with E-state index >= 15 is 0 Å². The highest BCUT2D eigenvalue weighted by Gasteiger charge is 2.52. The zero-order valence-corrected chi connectivity index (χ0v) is 17.4. The average Bonchev–Trinajstić information content (AvgIpc) is 2.73. The van der Waals surface area contributed by atoms with Gasteiger partial charge in [0.1, 0.15) is 5.78 Å². The number of Topliss-reactive ketones (excluding diaryl/α,β-unsaturated/α-hetero) is 1. The number of carbonyl (C=O) groups excluding carboxylic acids is 3. The Morgan fingerprint density at radius 1 is 1.07 bits per heavy atom. The maximum absolute atomic E-state index is 13.0. The Bertz CT molecular complexity index is 786. The highest BCUT2D eigenvalue weighted by molar-refractivity contribution is 5.89. The van der Waals surface area contributed by atoms with E-state index in [2.05, 4.69) is 0 Å². The van der Waals surface area contributed by atoms with Crippen LogP contribution in [0.5, 0.6) is 11.5 Å². The molecule has 1 saturated carbocycles. The minimum absolute atomic E-state index is 0.0189. The fourth-order valence-electron chi connectivity index (χ4n) is 4.86. The predicted molar refractivity (Wildman–Crippen MR) is 106 cm³/mol. The molecule has 1 saturated heterocycles. The smallest absolute Gasteiger partial charge is 0.306 e. The molecule has 29 heavy (non-hydrogen) atoms. The summed E-state index contributed by atoms with van der Waals surface area (Å²) in [5, 5.41) is 0. The summed E-state index contributed by atoms with van der Waals surface area (Å²) in [6, 6.07) is 5.57. The van der Waals surface area contributed by atoms with Crippen molar-refractivity contribution < 1.29 is 28.6 Å². The van der Waals surface area contributed by atoms with Crippen LogP contribution in [-0.2, 0) is 25.7 Å². The highest BCUT2D eigenvalue weighted by Crippen LogP contribution is 2.46. The summed E-state index contributed by atoms with van der Waals surface area (Å²) < 4.78 is 15.5. The van der Waals surface area contributed by atoms with Gasteiger partial charge in [0, 0.05) is 19.4 Å². The summed E-state index contributed by atoms with van der Waals surface area (Å²) in [6.07, 6.45) is 3.82. The molecule has 2 fully saturated rings. The monoisotopic (exact) mass is 403 g/mol. The lowest BCUT2D eigenvalue weighted by Crippen LogP contribution is -2.62. The van der Waals surface area contributed by atoms with Crippen LogP contribution in [0.4, 0.5) is 0 Å². The van der Waals surface area contributed by atoms with Gasteiger partial charge >= 0.3 is 5.97 Å². The lowest BCUT2D eigenvalue weighted by molar-refractivity contribution is -0.160. The molecule has 0 radical (unpaired) electrons. The average molecular weight is 403 g/mol. The van der Waals surface area contributed by atoms with Crippen LogP contribution in [0.15, 0.2) is 18.2 Å². The van der Waals surface area contributed by atoms with Gasteiger partial charge in [-0.2, -0.15) is 0 Å². The summed E-state index contributed by atoms with van der Waals surface area (Å²) in [6.45, 7) is 0.365. The molecule has 158 valence electrons. The van der Waals surface area contributed by atoms with E-state index in [-0.39, 0.29) is 18.1 Å². The quantitative estimate of drug-likeness (QED) is 0.680. The van der Waals surface area contributed by atoms with Crippen molar-refractivity contribution in [2.24, 2.45) is 5.92 Å². The molecule has 1 heterocycles. The van der Waals surface area contributed by atoms with Gasteiger partial charge in [-0.15, -0.1) is 0 Å². The van der Waals surface area contributed by atoms with Crippen LogP contribution in [0.2, 0.25) is 0 Å². The Kier molecular flexibility index (Phi) is 6.45. The van der Waals surface area contributed by atoms with E-state index in [0.29, 0.717) is 30.9 Å². The van der Waals surface area contributed by atoms with Gasteiger partial charge < -0.3 is 19.1 Å². The first kappa shape index (κ1) is 21.1.